The average molecular weight is 178 g/mol. The minimum atomic E-state index is 0.733. The molecule has 0 aliphatic carbocycles. The Morgan fingerprint density at radius 3 is 2.85 bits per heavy atom. The molecule has 0 spiro atoms. The lowest BCUT2D eigenvalue weighted by molar-refractivity contribution is 0.925. The molecular weight excluding hydrogens is 168 g/mol. The van der Waals surface area contributed by atoms with Crippen LogP contribution >= 0.6 is 0 Å². The minimum absolute atomic E-state index is 0.733. The fourth-order valence-corrected chi connectivity index (χ4v) is 1.17. The Labute approximate surface area is 75.0 Å². The highest BCUT2D eigenvalue weighted by Crippen LogP contribution is 2.16. The first-order chi connectivity index (χ1) is 6.33. The molecule has 2 N–H and O–H groups in total. The third kappa shape index (κ3) is 1.16. The maximum absolute atomic E-state index is 4.02. The second-order valence-corrected chi connectivity index (χ2v) is 2.64. The third-order valence-corrected chi connectivity index (χ3v) is 1.85. The minimum Gasteiger partial charge on any atom is -0.357 e. The molecule has 68 valence electrons. The van der Waals surface area contributed by atoms with E-state index in [0.717, 1.165) is 17.3 Å². The second kappa shape index (κ2) is 2.89. The molecule has 0 aliphatic rings. The Balaban J connectivity index is 2.48. The van der Waals surface area contributed by atoms with Crippen molar-refractivity contribution in [1.82, 2.24) is 25.0 Å². The molecule has 0 saturated carbocycles. The first-order valence-electron chi connectivity index (χ1n) is 3.89. The van der Waals surface area contributed by atoms with Gasteiger partial charge in [-0.15, -0.1) is 10.2 Å². The highest BCUT2D eigenvalue weighted by atomic mass is 15.3. The van der Waals surface area contributed by atoms with Gasteiger partial charge in [-0.25, -0.2) is 0 Å². The van der Waals surface area contributed by atoms with E-state index < -0.39 is 0 Å². The molecule has 0 saturated heterocycles. The first kappa shape index (κ1) is 7.78. The quantitative estimate of drug-likeness (QED) is 0.691. The van der Waals surface area contributed by atoms with E-state index in [2.05, 4.69) is 25.7 Å². The van der Waals surface area contributed by atoms with E-state index in [4.69, 9.17) is 0 Å². The lowest BCUT2D eigenvalue weighted by Crippen LogP contribution is -1.99. The number of nitrogens with one attached hydrogen (secondary N) is 2. The lowest BCUT2D eigenvalue weighted by Gasteiger charge is -1.99. The standard InChI is InChI=1S/C7H10N6/c1-8-7-12-11-6(13(7)2)5-3-9-10-4-5/h3-4H,1-2H3,(H,8,12)(H,9,10). The van der Waals surface area contributed by atoms with E-state index in [1.165, 1.54) is 0 Å². The molecule has 0 unspecified atom stereocenters. The van der Waals surface area contributed by atoms with E-state index in [9.17, 15) is 0 Å². The SMILES string of the molecule is CNc1nnc(-c2cn[nH]c2)n1C. The molecule has 13 heavy (non-hydrogen) atoms. The third-order valence-electron chi connectivity index (χ3n) is 1.85. The van der Waals surface area contributed by atoms with Crippen LogP contribution in [0.25, 0.3) is 11.4 Å². The second-order valence-electron chi connectivity index (χ2n) is 2.64. The number of anilines is 1. The zero-order valence-electron chi connectivity index (χ0n) is 7.44. The van der Waals surface area contributed by atoms with Crippen molar-refractivity contribution in [2.24, 2.45) is 7.05 Å². The number of hydrogen-bond acceptors (Lipinski definition) is 4. The summed E-state index contributed by atoms with van der Waals surface area (Å²) in [6.45, 7) is 0. The summed E-state index contributed by atoms with van der Waals surface area (Å²) in [6, 6.07) is 0. The molecule has 6 heteroatoms. The summed E-state index contributed by atoms with van der Waals surface area (Å²) in [5.41, 5.74) is 0.927. The van der Waals surface area contributed by atoms with Crippen LogP contribution in [0.1, 0.15) is 0 Å². The highest BCUT2D eigenvalue weighted by Gasteiger charge is 2.09. The molecule has 0 amide bonds. The van der Waals surface area contributed by atoms with Gasteiger partial charge in [-0.2, -0.15) is 5.10 Å². The molecule has 0 bridgehead atoms. The van der Waals surface area contributed by atoms with Crippen molar-refractivity contribution in [3.63, 3.8) is 0 Å². The van der Waals surface area contributed by atoms with Crippen molar-refractivity contribution < 1.29 is 0 Å². The molecule has 0 aliphatic heterocycles. The van der Waals surface area contributed by atoms with E-state index in [1.807, 2.05) is 18.7 Å². The monoisotopic (exact) mass is 178 g/mol. The molecule has 2 rings (SSSR count). The van der Waals surface area contributed by atoms with Crippen molar-refractivity contribution in [2.75, 3.05) is 12.4 Å². The van der Waals surface area contributed by atoms with Crippen LogP contribution in [0.15, 0.2) is 12.4 Å². The summed E-state index contributed by atoms with van der Waals surface area (Å²) in [5.74, 6) is 1.52. The topological polar surface area (TPSA) is 71.4 Å². The summed E-state index contributed by atoms with van der Waals surface area (Å²) in [5, 5.41) is 17.5. The molecule has 0 fully saturated rings. The van der Waals surface area contributed by atoms with E-state index >= 15 is 0 Å². The van der Waals surface area contributed by atoms with Crippen LogP contribution in [0.5, 0.6) is 0 Å². The molecule has 2 aromatic heterocycles. The van der Waals surface area contributed by atoms with Crippen LogP contribution in [0.3, 0.4) is 0 Å². The van der Waals surface area contributed by atoms with Gasteiger partial charge in [-0.3, -0.25) is 9.67 Å². The average Bonchev–Trinajstić information content (AvgIpc) is 2.72. The van der Waals surface area contributed by atoms with Crippen LogP contribution in [0.4, 0.5) is 5.95 Å². The van der Waals surface area contributed by atoms with Crippen LogP contribution in [-0.2, 0) is 7.05 Å². The largest absolute Gasteiger partial charge is 0.357 e. The first-order valence-corrected chi connectivity index (χ1v) is 3.89. The smallest absolute Gasteiger partial charge is 0.224 e. The Bertz CT molecular complexity index is 387. The van der Waals surface area contributed by atoms with Gasteiger partial charge in [0.1, 0.15) is 0 Å². The number of H-pyrrole nitrogens is 1. The van der Waals surface area contributed by atoms with Crippen LogP contribution in [0.2, 0.25) is 0 Å². The predicted octanol–water partition coefficient (Wildman–Crippen LogP) is 0.247. The molecule has 0 atom stereocenters. The molecular formula is C7H10N6. The Hall–Kier alpha value is -1.85. The molecule has 0 radical (unpaired) electrons. The van der Waals surface area contributed by atoms with Crippen LogP contribution < -0.4 is 5.32 Å². The Morgan fingerprint density at radius 1 is 1.46 bits per heavy atom. The van der Waals surface area contributed by atoms with E-state index in [0.29, 0.717) is 0 Å². The van der Waals surface area contributed by atoms with Gasteiger partial charge in [0.2, 0.25) is 5.95 Å². The molecule has 6 nitrogen and oxygen atoms in total. The van der Waals surface area contributed by atoms with Crippen molar-refractivity contribution in [3.05, 3.63) is 12.4 Å². The Kier molecular flexibility index (Phi) is 1.73. The van der Waals surface area contributed by atoms with Gasteiger partial charge in [0, 0.05) is 20.3 Å². The summed E-state index contributed by atoms with van der Waals surface area (Å²) in [6.07, 6.45) is 3.49. The van der Waals surface area contributed by atoms with Crippen LogP contribution in [0, 0.1) is 0 Å². The van der Waals surface area contributed by atoms with Gasteiger partial charge in [0.25, 0.3) is 0 Å². The summed E-state index contributed by atoms with van der Waals surface area (Å²) in [4.78, 5) is 0. The maximum atomic E-state index is 4.02. The van der Waals surface area contributed by atoms with Gasteiger partial charge in [-0.05, 0) is 0 Å². The zero-order valence-corrected chi connectivity index (χ0v) is 7.44. The molecule has 0 aromatic carbocycles. The fraction of sp³-hybridized carbons (Fsp3) is 0.286. The normalized spacial score (nSPS) is 10.3. The van der Waals surface area contributed by atoms with Crippen molar-refractivity contribution in [3.8, 4) is 11.4 Å². The van der Waals surface area contributed by atoms with Crippen LogP contribution in [-0.4, -0.2) is 32.0 Å². The number of rotatable bonds is 2. The summed E-state index contributed by atoms with van der Waals surface area (Å²) < 4.78 is 1.87. The van der Waals surface area contributed by atoms with Gasteiger partial charge < -0.3 is 5.32 Å². The number of aromatic nitrogens is 5. The van der Waals surface area contributed by atoms with Crippen molar-refractivity contribution >= 4 is 5.95 Å². The zero-order chi connectivity index (χ0) is 9.26. The van der Waals surface area contributed by atoms with Gasteiger partial charge in [-0.1, -0.05) is 0 Å². The Morgan fingerprint density at radius 2 is 2.31 bits per heavy atom. The fourth-order valence-electron chi connectivity index (χ4n) is 1.17. The number of aromatic amines is 1. The maximum Gasteiger partial charge on any atom is 0.224 e. The number of nitrogens with zero attached hydrogens (tertiary/aromatic N) is 4. The van der Waals surface area contributed by atoms with Crippen molar-refractivity contribution in [2.45, 2.75) is 0 Å². The van der Waals surface area contributed by atoms with E-state index in [1.54, 1.807) is 12.4 Å². The summed E-state index contributed by atoms with van der Waals surface area (Å²) in [7, 11) is 3.71. The van der Waals surface area contributed by atoms with Crippen molar-refractivity contribution in [1.29, 1.82) is 0 Å². The summed E-state index contributed by atoms with van der Waals surface area (Å²) >= 11 is 0. The predicted molar refractivity (Wildman–Crippen MR) is 48.1 cm³/mol. The van der Waals surface area contributed by atoms with Gasteiger partial charge in [0.05, 0.1) is 11.8 Å². The van der Waals surface area contributed by atoms with E-state index in [-0.39, 0.29) is 0 Å². The lowest BCUT2D eigenvalue weighted by atomic mass is 10.3. The van der Waals surface area contributed by atoms with Gasteiger partial charge >= 0.3 is 0 Å². The molecule has 2 aromatic rings. The molecule has 2 heterocycles. The van der Waals surface area contributed by atoms with Gasteiger partial charge in [0.15, 0.2) is 5.82 Å². The highest BCUT2D eigenvalue weighted by molar-refractivity contribution is 5.54. The number of hydrogen-bond donors (Lipinski definition) is 2.